The largest absolute Gasteiger partial charge is 0.394 e. The zero-order chi connectivity index (χ0) is 50.3. The number of allylic oxidation sites excluding steroid dienone is 2. The van der Waals surface area contributed by atoms with Gasteiger partial charge in [-0.2, -0.15) is 0 Å². The Morgan fingerprint density at radius 1 is 0.478 bits per heavy atom. The van der Waals surface area contributed by atoms with Gasteiger partial charge in [0.25, 0.3) is 0 Å². The average molecular weight is 983 g/mol. The highest BCUT2D eigenvalue weighted by molar-refractivity contribution is 5.80. The van der Waals surface area contributed by atoms with E-state index in [1.807, 2.05) is 0 Å². The zero-order valence-corrected chi connectivity index (χ0v) is 45.2. The van der Waals surface area contributed by atoms with Gasteiger partial charge in [-0.3, -0.25) is 4.79 Å². The maximum absolute atomic E-state index is 13.2. The van der Waals surface area contributed by atoms with Crippen molar-refractivity contribution in [1.29, 1.82) is 0 Å². The summed E-state index contributed by atoms with van der Waals surface area (Å²) >= 11 is 0. The van der Waals surface area contributed by atoms with Crippen LogP contribution in [0.4, 0.5) is 0 Å². The van der Waals surface area contributed by atoms with Gasteiger partial charge in [0.2, 0.25) is 5.91 Å². The minimum Gasteiger partial charge on any atom is -0.394 e. The van der Waals surface area contributed by atoms with Crippen molar-refractivity contribution in [3.05, 3.63) is 12.2 Å². The number of unbranched alkanes of at least 4 members (excludes halogenated alkanes) is 39. The van der Waals surface area contributed by atoms with Gasteiger partial charge in [0.05, 0.1) is 25.4 Å². The lowest BCUT2D eigenvalue weighted by atomic mass is 9.99. The summed E-state index contributed by atoms with van der Waals surface area (Å²) in [4.78, 5) is 13.2. The fraction of sp³-hybridized carbons (Fsp3) is 0.949. The van der Waals surface area contributed by atoms with Gasteiger partial charge in [-0.25, -0.2) is 0 Å². The van der Waals surface area contributed by atoms with E-state index in [1.165, 1.54) is 218 Å². The summed E-state index contributed by atoms with van der Waals surface area (Å²) in [6.07, 6.45) is 49.9. The molecule has 0 aliphatic carbocycles. The van der Waals surface area contributed by atoms with E-state index in [0.29, 0.717) is 12.8 Å². The Kier molecular flexibility index (Phi) is 46.9. The molecule has 410 valence electrons. The number of hydrogen-bond donors (Lipinski definition) is 7. The molecular weight excluding hydrogens is 867 g/mol. The van der Waals surface area contributed by atoms with Crippen LogP contribution < -0.4 is 5.32 Å². The Balaban J connectivity index is 2.19. The van der Waals surface area contributed by atoms with Crippen molar-refractivity contribution in [3.8, 4) is 0 Å². The monoisotopic (exact) mass is 982 g/mol. The van der Waals surface area contributed by atoms with Crippen LogP contribution in [0.5, 0.6) is 0 Å². The van der Waals surface area contributed by atoms with Gasteiger partial charge in [0, 0.05) is 0 Å². The first-order chi connectivity index (χ1) is 33.8. The standard InChI is InChI=1S/C59H115NO9/c1-3-5-7-9-11-13-15-17-19-21-22-23-24-25-26-27-28-29-30-31-32-34-36-38-40-42-44-46-48-53(63)58(67)60-51(50-68-59-57(66)56(65)55(64)54(49-61)69-59)52(62)47-45-43-41-39-37-35-33-20-18-16-14-12-10-8-6-4-2/h25-26,51-57,59,61-66H,3-24,27-50H2,1-2H3,(H,60,67)/b26-25-. The molecule has 10 heteroatoms. The van der Waals surface area contributed by atoms with Crippen molar-refractivity contribution >= 4 is 5.91 Å². The van der Waals surface area contributed by atoms with Gasteiger partial charge in [0.15, 0.2) is 6.29 Å². The van der Waals surface area contributed by atoms with E-state index in [-0.39, 0.29) is 6.61 Å². The molecule has 10 nitrogen and oxygen atoms in total. The van der Waals surface area contributed by atoms with Crippen LogP contribution in [0.25, 0.3) is 0 Å². The quantitative estimate of drug-likeness (QED) is 0.0232. The molecule has 7 N–H and O–H groups in total. The van der Waals surface area contributed by atoms with Gasteiger partial charge in [-0.05, 0) is 38.5 Å². The molecule has 8 atom stereocenters. The highest BCUT2D eigenvalue weighted by Crippen LogP contribution is 2.23. The van der Waals surface area contributed by atoms with Crippen LogP contribution in [-0.4, -0.2) is 98.7 Å². The molecule has 1 saturated heterocycles. The number of carbonyl (C=O) groups is 1. The molecule has 69 heavy (non-hydrogen) atoms. The first-order valence-electron chi connectivity index (χ1n) is 30.0. The third-order valence-electron chi connectivity index (χ3n) is 14.7. The molecule has 0 saturated carbocycles. The highest BCUT2D eigenvalue weighted by Gasteiger charge is 2.44. The van der Waals surface area contributed by atoms with E-state index in [0.717, 1.165) is 51.4 Å². The van der Waals surface area contributed by atoms with Crippen LogP contribution in [0.2, 0.25) is 0 Å². The topological polar surface area (TPSA) is 169 Å². The summed E-state index contributed by atoms with van der Waals surface area (Å²) < 4.78 is 11.2. The Morgan fingerprint density at radius 3 is 1.17 bits per heavy atom. The molecule has 1 aliphatic heterocycles. The van der Waals surface area contributed by atoms with Gasteiger partial charge in [-0.15, -0.1) is 0 Å². The van der Waals surface area contributed by atoms with Crippen molar-refractivity contribution in [2.45, 2.75) is 345 Å². The van der Waals surface area contributed by atoms with E-state index in [9.17, 15) is 35.4 Å². The summed E-state index contributed by atoms with van der Waals surface area (Å²) in [5.41, 5.74) is 0. The third-order valence-corrected chi connectivity index (χ3v) is 14.7. The summed E-state index contributed by atoms with van der Waals surface area (Å²) in [5, 5.41) is 65.2. The zero-order valence-electron chi connectivity index (χ0n) is 45.2. The predicted molar refractivity (Wildman–Crippen MR) is 287 cm³/mol. The lowest BCUT2D eigenvalue weighted by Gasteiger charge is -2.40. The van der Waals surface area contributed by atoms with Gasteiger partial charge >= 0.3 is 0 Å². The summed E-state index contributed by atoms with van der Waals surface area (Å²) in [5.74, 6) is -0.579. The molecule has 0 aromatic carbocycles. The predicted octanol–water partition coefficient (Wildman–Crippen LogP) is 13.8. The second kappa shape index (κ2) is 49.1. The average Bonchev–Trinajstić information content (AvgIpc) is 3.35. The first-order valence-corrected chi connectivity index (χ1v) is 30.0. The molecule has 0 bridgehead atoms. The number of nitrogens with one attached hydrogen (secondary N) is 1. The third kappa shape index (κ3) is 38.2. The Labute approximate surface area is 425 Å². The maximum Gasteiger partial charge on any atom is 0.249 e. The van der Waals surface area contributed by atoms with E-state index in [4.69, 9.17) is 9.47 Å². The normalized spacial score (nSPS) is 19.9. The van der Waals surface area contributed by atoms with E-state index >= 15 is 0 Å². The van der Waals surface area contributed by atoms with Crippen molar-refractivity contribution in [1.82, 2.24) is 5.32 Å². The summed E-state index contributed by atoms with van der Waals surface area (Å²) in [6.45, 7) is 3.71. The number of rotatable bonds is 52. The van der Waals surface area contributed by atoms with Crippen molar-refractivity contribution in [2.75, 3.05) is 13.2 Å². The molecule has 1 aliphatic rings. The van der Waals surface area contributed by atoms with E-state index in [1.54, 1.807) is 0 Å². The molecule has 0 aromatic rings. The molecule has 8 unspecified atom stereocenters. The van der Waals surface area contributed by atoms with Crippen LogP contribution in [0.3, 0.4) is 0 Å². The SMILES string of the molecule is CCCCCCCCCCCCCC/C=C\CCCCCCCCCCCCCCC(O)C(=O)NC(COC1OC(CO)C(O)C(O)C1O)C(O)CCCCCCCCCCCCCCCCCC. The second-order valence-corrected chi connectivity index (χ2v) is 21.3. The molecule has 1 fully saturated rings. The Bertz CT molecular complexity index is 1110. The second-order valence-electron chi connectivity index (χ2n) is 21.3. The van der Waals surface area contributed by atoms with E-state index in [2.05, 4.69) is 31.3 Å². The molecule has 1 rings (SSSR count). The lowest BCUT2D eigenvalue weighted by Crippen LogP contribution is -2.60. The maximum atomic E-state index is 13.2. The fourth-order valence-corrected chi connectivity index (χ4v) is 9.87. The number of aliphatic hydroxyl groups is 6. The number of aliphatic hydroxyl groups excluding tert-OH is 6. The minimum absolute atomic E-state index is 0.252. The fourth-order valence-electron chi connectivity index (χ4n) is 9.87. The van der Waals surface area contributed by atoms with Crippen molar-refractivity contribution < 1.29 is 44.9 Å². The molecular formula is C59H115NO9. The minimum atomic E-state index is -1.60. The van der Waals surface area contributed by atoms with Crippen LogP contribution in [0, 0.1) is 0 Å². The summed E-state index contributed by atoms with van der Waals surface area (Å²) in [7, 11) is 0. The van der Waals surface area contributed by atoms with Gasteiger partial charge in [0.1, 0.15) is 30.5 Å². The molecule has 0 spiro atoms. The van der Waals surface area contributed by atoms with Crippen LogP contribution in [0.1, 0.15) is 296 Å². The number of hydrogen-bond acceptors (Lipinski definition) is 9. The first kappa shape index (κ1) is 65.9. The van der Waals surface area contributed by atoms with Crippen LogP contribution >= 0.6 is 0 Å². The van der Waals surface area contributed by atoms with Gasteiger partial charge in [-0.1, -0.05) is 270 Å². The molecule has 1 heterocycles. The van der Waals surface area contributed by atoms with Gasteiger partial charge < -0.3 is 45.4 Å². The number of carbonyl (C=O) groups excluding carboxylic acids is 1. The Hall–Kier alpha value is -1.11. The Morgan fingerprint density at radius 2 is 0.812 bits per heavy atom. The molecule has 1 amide bonds. The molecule has 0 aromatic heterocycles. The summed E-state index contributed by atoms with van der Waals surface area (Å²) in [6, 6.07) is -0.892. The van der Waals surface area contributed by atoms with Crippen molar-refractivity contribution in [2.24, 2.45) is 0 Å². The number of amides is 1. The highest BCUT2D eigenvalue weighted by atomic mass is 16.7. The van der Waals surface area contributed by atoms with Crippen LogP contribution in [0.15, 0.2) is 12.2 Å². The van der Waals surface area contributed by atoms with Crippen molar-refractivity contribution in [3.63, 3.8) is 0 Å². The van der Waals surface area contributed by atoms with Crippen LogP contribution in [-0.2, 0) is 14.3 Å². The molecule has 0 radical (unpaired) electrons. The number of ether oxygens (including phenoxy) is 2. The lowest BCUT2D eigenvalue weighted by molar-refractivity contribution is -0.302. The smallest absolute Gasteiger partial charge is 0.249 e. The van der Waals surface area contributed by atoms with E-state index < -0.39 is 61.5 Å².